The van der Waals surface area contributed by atoms with Crippen molar-refractivity contribution in [2.75, 3.05) is 41.9 Å². The number of rotatable bonds is 4. The lowest BCUT2D eigenvalue weighted by Crippen LogP contribution is -2.40. The number of fused-ring (bicyclic) bond motifs is 7. The third-order valence-electron chi connectivity index (χ3n) is 8.79. The highest BCUT2D eigenvalue weighted by Crippen LogP contribution is 2.43. The van der Waals surface area contributed by atoms with Crippen LogP contribution in [0.3, 0.4) is 0 Å². The maximum atomic E-state index is 13.7. The summed E-state index contributed by atoms with van der Waals surface area (Å²) in [6.07, 6.45) is 6.22. The van der Waals surface area contributed by atoms with E-state index in [1.807, 2.05) is 14.0 Å². The fourth-order valence-corrected chi connectivity index (χ4v) is 6.12. The van der Waals surface area contributed by atoms with E-state index in [4.69, 9.17) is 14.5 Å². The predicted octanol–water partition coefficient (Wildman–Crippen LogP) is 4.86. The predicted molar refractivity (Wildman–Crippen MR) is 159 cm³/mol. The lowest BCUT2D eigenvalue weighted by Gasteiger charge is -2.32. The van der Waals surface area contributed by atoms with E-state index in [-0.39, 0.29) is 5.91 Å². The van der Waals surface area contributed by atoms with Gasteiger partial charge in [0.15, 0.2) is 0 Å². The molecule has 41 heavy (non-hydrogen) atoms. The first-order valence-corrected chi connectivity index (χ1v) is 14.7. The van der Waals surface area contributed by atoms with Crippen LogP contribution in [0.15, 0.2) is 41.5 Å². The fourth-order valence-electron chi connectivity index (χ4n) is 6.12. The van der Waals surface area contributed by atoms with Crippen molar-refractivity contribution in [1.82, 2.24) is 14.8 Å². The summed E-state index contributed by atoms with van der Waals surface area (Å²) in [7, 11) is 1.87. The van der Waals surface area contributed by atoms with E-state index in [1.165, 1.54) is 12.8 Å². The average molecular weight is 556 g/mol. The zero-order valence-electron chi connectivity index (χ0n) is 23.9. The number of nitrogens with zero attached hydrogens (tertiary/aromatic N) is 5. The maximum Gasteiger partial charge on any atom is 0.280 e. The molecule has 5 heterocycles. The van der Waals surface area contributed by atoms with Gasteiger partial charge < -0.3 is 25.0 Å². The number of aromatic nitrogens is 3. The summed E-state index contributed by atoms with van der Waals surface area (Å²) in [5.41, 5.74) is 5.72. The molecule has 1 aromatic carbocycles. The van der Waals surface area contributed by atoms with Crippen molar-refractivity contribution in [3.63, 3.8) is 0 Å². The number of hydrogen-bond acceptors (Lipinski definition) is 8. The topological polar surface area (TPSA) is 106 Å². The third-order valence-corrected chi connectivity index (χ3v) is 8.79. The normalized spacial score (nSPS) is 22.9. The molecule has 2 N–H and O–H groups in total. The minimum absolute atomic E-state index is 0.307. The summed E-state index contributed by atoms with van der Waals surface area (Å²) in [5, 5.41) is 11.5. The van der Waals surface area contributed by atoms with Crippen LogP contribution in [0.1, 0.15) is 48.7 Å². The molecule has 1 amide bonds. The summed E-state index contributed by atoms with van der Waals surface area (Å²) in [4.78, 5) is 25.3. The number of hydrogen-bond donors (Lipinski definition) is 2. The van der Waals surface area contributed by atoms with E-state index in [9.17, 15) is 4.79 Å². The molecule has 0 unspecified atom stereocenters. The molecule has 214 valence electrons. The van der Waals surface area contributed by atoms with Crippen LogP contribution < -0.4 is 20.3 Å². The van der Waals surface area contributed by atoms with Crippen molar-refractivity contribution in [3.05, 3.63) is 47.8 Å². The van der Waals surface area contributed by atoms with Crippen LogP contribution in [-0.2, 0) is 11.8 Å². The van der Waals surface area contributed by atoms with E-state index >= 15 is 0 Å². The first kappa shape index (κ1) is 26.0. The van der Waals surface area contributed by atoms with Gasteiger partial charge >= 0.3 is 0 Å². The molecule has 10 nitrogen and oxygen atoms in total. The molecule has 0 spiro atoms. The van der Waals surface area contributed by atoms with Gasteiger partial charge in [-0.05, 0) is 81.7 Å². The second kappa shape index (κ2) is 10.5. The van der Waals surface area contributed by atoms with Gasteiger partial charge in [0.2, 0.25) is 11.8 Å². The van der Waals surface area contributed by atoms with Crippen molar-refractivity contribution in [1.29, 1.82) is 0 Å². The van der Waals surface area contributed by atoms with Crippen LogP contribution in [-0.4, -0.2) is 59.0 Å². The Balaban J connectivity index is 1.25. The number of guanidine groups is 1. The Kier molecular flexibility index (Phi) is 6.65. The van der Waals surface area contributed by atoms with Gasteiger partial charge in [-0.25, -0.2) is 4.68 Å². The SMILES string of the molecule is Cc1cc2cc(n1)-c1cnn(C)c1OCCC[C@@H](C1CC1)CN1/C(=N/C2=O)Nc2cc(N[C@H](C)C3COC3)ccc21. The molecule has 10 heteroatoms. The van der Waals surface area contributed by atoms with Gasteiger partial charge in [0.05, 0.1) is 48.6 Å². The molecular weight excluding hydrogens is 518 g/mol. The molecule has 1 aliphatic carbocycles. The number of ether oxygens (including phenoxy) is 2. The van der Waals surface area contributed by atoms with Gasteiger partial charge in [-0.15, -0.1) is 0 Å². The number of amides is 1. The summed E-state index contributed by atoms with van der Waals surface area (Å²) in [5.74, 6) is 2.63. The second-order valence-electron chi connectivity index (χ2n) is 11.9. The third kappa shape index (κ3) is 5.16. The van der Waals surface area contributed by atoms with Crippen LogP contribution in [0.5, 0.6) is 5.88 Å². The average Bonchev–Trinajstić information content (AvgIpc) is 3.61. The summed E-state index contributed by atoms with van der Waals surface area (Å²) in [6, 6.07) is 10.3. The lowest BCUT2D eigenvalue weighted by molar-refractivity contribution is -0.0379. The largest absolute Gasteiger partial charge is 0.477 e. The van der Waals surface area contributed by atoms with Gasteiger partial charge in [0, 0.05) is 42.5 Å². The Morgan fingerprint density at radius 1 is 1.12 bits per heavy atom. The summed E-state index contributed by atoms with van der Waals surface area (Å²) < 4.78 is 13.4. The molecule has 1 saturated carbocycles. The maximum absolute atomic E-state index is 13.7. The van der Waals surface area contributed by atoms with Gasteiger partial charge in [-0.1, -0.05) is 0 Å². The minimum atomic E-state index is -0.307. The van der Waals surface area contributed by atoms with Crippen molar-refractivity contribution in [3.8, 4) is 17.1 Å². The smallest absolute Gasteiger partial charge is 0.280 e. The van der Waals surface area contributed by atoms with Crippen LogP contribution in [0.25, 0.3) is 11.3 Å². The fraction of sp³-hybridized carbons (Fsp3) is 0.484. The highest BCUT2D eigenvalue weighted by atomic mass is 16.5. The number of aliphatic imine (C=N–C) groups is 1. The Labute approximate surface area is 240 Å². The minimum Gasteiger partial charge on any atom is -0.477 e. The van der Waals surface area contributed by atoms with E-state index in [2.05, 4.69) is 50.7 Å². The molecule has 2 fully saturated rings. The highest BCUT2D eigenvalue weighted by Gasteiger charge is 2.36. The van der Waals surface area contributed by atoms with Crippen molar-refractivity contribution in [2.45, 2.75) is 45.6 Å². The van der Waals surface area contributed by atoms with Crippen molar-refractivity contribution in [2.24, 2.45) is 29.8 Å². The summed E-state index contributed by atoms with van der Waals surface area (Å²) >= 11 is 0. The lowest BCUT2D eigenvalue weighted by atomic mass is 9.97. The standard InChI is InChI=1S/C31H37N7O3/c1-18-11-22-12-26(33-18)25-14-32-37(3)30(25)41-10-4-5-21(20-6-7-20)15-38-28-9-8-24(34-19(2)23-16-40-17-23)13-27(28)35-31(38)36-29(22)39/h8-9,11-14,19-21,23,34H,4-7,10,15-17H2,1-3H3,(H,35,36,39)/t19-,21-/m1/s1. The van der Waals surface area contributed by atoms with Crippen LogP contribution in [0, 0.1) is 24.7 Å². The number of benzene rings is 1. The summed E-state index contributed by atoms with van der Waals surface area (Å²) in [6.45, 7) is 7.09. The number of aryl methyl sites for hydroxylation is 2. The zero-order chi connectivity index (χ0) is 28.1. The molecule has 3 aromatic rings. The monoisotopic (exact) mass is 555 g/mol. The number of carbonyl (C=O) groups is 1. The van der Waals surface area contributed by atoms with Crippen LogP contribution in [0.4, 0.5) is 17.1 Å². The number of anilines is 3. The number of nitrogens with one attached hydrogen (secondary N) is 2. The van der Waals surface area contributed by atoms with E-state index in [1.54, 1.807) is 23.0 Å². The molecule has 4 aliphatic rings. The molecule has 2 bridgehead atoms. The second-order valence-corrected chi connectivity index (χ2v) is 11.9. The van der Waals surface area contributed by atoms with Gasteiger partial charge in [0.25, 0.3) is 5.91 Å². The Morgan fingerprint density at radius 3 is 2.76 bits per heavy atom. The van der Waals surface area contributed by atoms with Gasteiger partial charge in [0.1, 0.15) is 0 Å². The quantitative estimate of drug-likeness (QED) is 0.470. The molecular formula is C31H37N7O3. The first-order valence-electron chi connectivity index (χ1n) is 14.7. The highest BCUT2D eigenvalue weighted by molar-refractivity contribution is 6.19. The molecule has 1 saturated heterocycles. The molecule has 2 aromatic heterocycles. The van der Waals surface area contributed by atoms with Crippen molar-refractivity contribution >= 4 is 28.9 Å². The molecule has 3 aliphatic heterocycles. The Bertz CT molecular complexity index is 1510. The number of pyridine rings is 1. The Morgan fingerprint density at radius 2 is 1.98 bits per heavy atom. The molecule has 0 radical (unpaired) electrons. The first-order chi connectivity index (χ1) is 19.9. The van der Waals surface area contributed by atoms with Gasteiger partial charge in [-0.2, -0.15) is 10.1 Å². The van der Waals surface area contributed by atoms with E-state index in [0.29, 0.717) is 53.5 Å². The van der Waals surface area contributed by atoms with E-state index < -0.39 is 0 Å². The van der Waals surface area contributed by atoms with Crippen LogP contribution >= 0.6 is 0 Å². The molecule has 7 rings (SSSR count). The molecule has 2 atom stereocenters. The number of carbonyl (C=O) groups excluding carboxylic acids is 1. The van der Waals surface area contributed by atoms with Gasteiger partial charge in [-0.3, -0.25) is 9.78 Å². The van der Waals surface area contributed by atoms with E-state index in [0.717, 1.165) is 60.9 Å². The Hall–Kier alpha value is -3.92. The zero-order valence-corrected chi connectivity index (χ0v) is 23.9. The van der Waals surface area contributed by atoms with Crippen molar-refractivity contribution < 1.29 is 14.3 Å². The van der Waals surface area contributed by atoms with Crippen LogP contribution in [0.2, 0.25) is 0 Å².